The Kier molecular flexibility index (Phi) is 5.93. The van der Waals surface area contributed by atoms with E-state index in [-0.39, 0.29) is 26.9 Å². The van der Waals surface area contributed by atoms with E-state index >= 15 is 0 Å². The summed E-state index contributed by atoms with van der Waals surface area (Å²) >= 11 is 11.2. The maximum Gasteiger partial charge on any atom is 0.434 e. The molecular weight excluding hydrogens is 489 g/mol. The number of aromatic nitrogens is 3. The summed E-state index contributed by atoms with van der Waals surface area (Å²) in [5, 5.41) is 7.05. The minimum absolute atomic E-state index is 0.0758. The van der Waals surface area contributed by atoms with Crippen molar-refractivity contribution in [3.8, 4) is 28.3 Å². The van der Waals surface area contributed by atoms with Gasteiger partial charge in [0.1, 0.15) is 28.6 Å². The monoisotopic (exact) mass is 499 g/mol. The van der Waals surface area contributed by atoms with Crippen LogP contribution in [0.15, 0.2) is 53.2 Å². The molecule has 33 heavy (non-hydrogen) atoms. The van der Waals surface area contributed by atoms with Gasteiger partial charge in [-0.2, -0.15) is 18.3 Å². The van der Waals surface area contributed by atoms with Gasteiger partial charge in [-0.1, -0.05) is 35.0 Å². The Morgan fingerprint density at radius 1 is 1.09 bits per heavy atom. The number of rotatable bonds is 4. The number of alkyl halides is 3. The van der Waals surface area contributed by atoms with Crippen LogP contribution in [0.3, 0.4) is 0 Å². The largest absolute Gasteiger partial charge is 0.486 e. The topological polar surface area (TPSA) is 53.1 Å². The fourth-order valence-electron chi connectivity index (χ4n) is 3.25. The van der Waals surface area contributed by atoms with Crippen LogP contribution in [0, 0.1) is 11.6 Å². The van der Waals surface area contributed by atoms with E-state index < -0.39 is 40.5 Å². The van der Waals surface area contributed by atoms with Gasteiger partial charge in [-0.3, -0.25) is 0 Å². The molecule has 0 radical (unpaired) electrons. The summed E-state index contributed by atoms with van der Waals surface area (Å²) in [6.07, 6.45) is -4.17. The number of ether oxygens (including phenoxy) is 1. The number of hydrogen-bond acceptors (Lipinski definition) is 5. The summed E-state index contributed by atoms with van der Waals surface area (Å²) in [6, 6.07) is 8.61. The Bertz CT molecular complexity index is 1350. The quantitative estimate of drug-likeness (QED) is 0.238. The fraction of sp³-hybridized carbons (Fsp3) is 0.0952. The summed E-state index contributed by atoms with van der Waals surface area (Å²) in [5.74, 6) is -2.23. The molecule has 0 atom stereocenters. The number of hydrogen-bond donors (Lipinski definition) is 0. The average molecular weight is 500 g/mol. The molecule has 0 bridgehead atoms. The van der Waals surface area contributed by atoms with Gasteiger partial charge in [0.15, 0.2) is 16.5 Å². The van der Waals surface area contributed by atoms with Crippen LogP contribution in [0.5, 0.6) is 0 Å². The van der Waals surface area contributed by atoms with Crippen molar-refractivity contribution in [3.05, 3.63) is 76.6 Å². The average Bonchev–Trinajstić information content (AvgIpc) is 3.38. The molecule has 0 N–H and O–H groups in total. The lowest BCUT2D eigenvalue weighted by Gasteiger charge is -2.13. The lowest BCUT2D eigenvalue weighted by Crippen LogP contribution is -2.15. The third-order valence-corrected chi connectivity index (χ3v) is 5.33. The normalized spacial score (nSPS) is 11.6. The Balaban J connectivity index is 2.02. The molecule has 0 spiro atoms. The Morgan fingerprint density at radius 3 is 2.42 bits per heavy atom. The second kappa shape index (κ2) is 8.56. The highest BCUT2D eigenvalue weighted by Crippen LogP contribution is 2.43. The van der Waals surface area contributed by atoms with Crippen molar-refractivity contribution in [2.24, 2.45) is 0 Å². The van der Waals surface area contributed by atoms with Crippen LogP contribution in [0.2, 0.25) is 5.02 Å². The molecule has 170 valence electrons. The number of halogens is 6. The van der Waals surface area contributed by atoms with Crippen molar-refractivity contribution in [3.63, 3.8) is 0 Å². The Morgan fingerprint density at radius 2 is 1.79 bits per heavy atom. The van der Waals surface area contributed by atoms with Gasteiger partial charge >= 0.3 is 6.18 Å². The highest BCUT2D eigenvalue weighted by Gasteiger charge is 2.42. The molecule has 0 unspecified atom stereocenters. The van der Waals surface area contributed by atoms with Crippen LogP contribution in [-0.2, 0) is 10.9 Å². The van der Waals surface area contributed by atoms with E-state index in [1.54, 1.807) is 0 Å². The molecule has 4 aromatic rings. The van der Waals surface area contributed by atoms with Crippen LogP contribution in [0.4, 0.5) is 22.0 Å². The highest BCUT2D eigenvalue weighted by molar-refractivity contribution is 7.80. The molecular formula is C21H11ClF5N3O2S. The van der Waals surface area contributed by atoms with E-state index in [0.717, 1.165) is 24.4 Å². The zero-order chi connectivity index (χ0) is 23.9. The lowest BCUT2D eigenvalue weighted by molar-refractivity contribution is -0.142. The van der Waals surface area contributed by atoms with Crippen LogP contribution in [0.1, 0.15) is 11.3 Å². The van der Waals surface area contributed by atoms with Gasteiger partial charge in [0.05, 0.1) is 29.5 Å². The van der Waals surface area contributed by atoms with Gasteiger partial charge in [-0.25, -0.2) is 13.5 Å². The lowest BCUT2D eigenvalue weighted by atomic mass is 10.0. The van der Waals surface area contributed by atoms with Crippen LogP contribution < -0.4 is 0 Å². The number of methoxy groups -OCH3 is 1. The van der Waals surface area contributed by atoms with Gasteiger partial charge in [-0.15, -0.1) is 0 Å². The summed E-state index contributed by atoms with van der Waals surface area (Å²) in [6.45, 7) is 0. The first-order valence-corrected chi connectivity index (χ1v) is 9.86. The van der Waals surface area contributed by atoms with E-state index in [1.165, 1.54) is 31.4 Å². The maximum absolute atomic E-state index is 14.5. The van der Waals surface area contributed by atoms with Crippen LogP contribution >= 0.6 is 23.8 Å². The summed E-state index contributed by atoms with van der Waals surface area (Å²) in [5.41, 5.74) is -3.13. The van der Waals surface area contributed by atoms with E-state index in [1.807, 2.05) is 0 Å². The van der Waals surface area contributed by atoms with Crippen LogP contribution in [0.25, 0.3) is 28.3 Å². The summed E-state index contributed by atoms with van der Waals surface area (Å²) in [7, 11) is 1.18. The van der Waals surface area contributed by atoms with Gasteiger partial charge in [0.25, 0.3) is 0 Å². The molecule has 12 heteroatoms. The molecule has 2 aromatic carbocycles. The molecule has 4 rings (SSSR count). The molecule has 0 aliphatic rings. The maximum atomic E-state index is 14.5. The molecule has 2 heterocycles. The molecule has 0 aliphatic heterocycles. The van der Waals surface area contributed by atoms with Crippen molar-refractivity contribution in [2.75, 3.05) is 7.11 Å². The second-order valence-electron chi connectivity index (χ2n) is 6.59. The number of thiocarbonyl (C=S) groups is 1. The zero-order valence-electron chi connectivity index (χ0n) is 16.5. The molecule has 5 nitrogen and oxygen atoms in total. The SMILES string of the molecule is COC(=S)c1c(-c2c(F)cccc2Cl)noc1-c1cnn(-c2ccccc2F)c1C(F)(F)F. The van der Waals surface area contributed by atoms with Crippen molar-refractivity contribution < 1.29 is 31.2 Å². The summed E-state index contributed by atoms with van der Waals surface area (Å²) < 4.78 is 81.8. The zero-order valence-corrected chi connectivity index (χ0v) is 18.0. The van der Waals surface area contributed by atoms with Crippen molar-refractivity contribution in [2.45, 2.75) is 6.18 Å². The van der Waals surface area contributed by atoms with E-state index in [0.29, 0.717) is 4.68 Å². The van der Waals surface area contributed by atoms with Crippen molar-refractivity contribution in [1.82, 2.24) is 14.9 Å². The first kappa shape index (κ1) is 22.9. The van der Waals surface area contributed by atoms with E-state index in [4.69, 9.17) is 33.1 Å². The smallest absolute Gasteiger partial charge is 0.434 e. The standard InChI is InChI=1S/C21H11ClF5N3O2S/c1-31-20(33)16-17(15-11(22)5-4-7-13(15)24)29-32-18(16)10-9-28-30(19(10)21(25,26)27)14-8-3-2-6-12(14)23/h2-9H,1H3. The van der Waals surface area contributed by atoms with Crippen molar-refractivity contribution >= 4 is 28.9 Å². The number of para-hydroxylation sites is 1. The van der Waals surface area contributed by atoms with Gasteiger partial charge in [0.2, 0.25) is 0 Å². The number of benzene rings is 2. The van der Waals surface area contributed by atoms with Gasteiger partial charge in [0, 0.05) is 0 Å². The Hall–Kier alpha value is -3.31. The molecule has 0 aliphatic carbocycles. The molecule has 0 saturated heterocycles. The molecule has 2 aromatic heterocycles. The minimum atomic E-state index is -5.00. The third-order valence-electron chi connectivity index (χ3n) is 4.64. The first-order valence-electron chi connectivity index (χ1n) is 9.08. The second-order valence-corrected chi connectivity index (χ2v) is 7.37. The minimum Gasteiger partial charge on any atom is -0.486 e. The van der Waals surface area contributed by atoms with Gasteiger partial charge < -0.3 is 9.26 Å². The fourth-order valence-corrected chi connectivity index (χ4v) is 3.70. The predicted octanol–water partition coefficient (Wildman–Crippen LogP) is 6.47. The molecule has 0 amide bonds. The predicted molar refractivity (Wildman–Crippen MR) is 113 cm³/mol. The summed E-state index contributed by atoms with van der Waals surface area (Å²) in [4.78, 5) is 0. The van der Waals surface area contributed by atoms with E-state index in [2.05, 4.69) is 10.3 Å². The van der Waals surface area contributed by atoms with Gasteiger partial charge in [-0.05, 0) is 36.5 Å². The van der Waals surface area contributed by atoms with Crippen molar-refractivity contribution in [1.29, 1.82) is 0 Å². The first-order chi connectivity index (χ1) is 15.6. The molecule has 0 fully saturated rings. The molecule has 0 saturated carbocycles. The van der Waals surface area contributed by atoms with E-state index in [9.17, 15) is 22.0 Å². The number of nitrogens with zero attached hydrogens (tertiary/aromatic N) is 3. The third kappa shape index (κ3) is 3.98. The highest BCUT2D eigenvalue weighted by atomic mass is 35.5. The van der Waals surface area contributed by atoms with Crippen LogP contribution in [-0.4, -0.2) is 27.1 Å². The Labute approximate surface area is 193 Å².